The van der Waals surface area contributed by atoms with E-state index < -0.39 is 0 Å². The molecule has 0 saturated heterocycles. The van der Waals surface area contributed by atoms with Crippen LogP contribution in [0, 0.1) is 0 Å². The molecule has 0 spiro atoms. The Kier molecular flexibility index (Phi) is 1.39. The van der Waals surface area contributed by atoms with Crippen LogP contribution < -0.4 is 11.5 Å². The van der Waals surface area contributed by atoms with E-state index in [1.54, 1.807) is 0 Å². The Labute approximate surface area is 85.1 Å². The van der Waals surface area contributed by atoms with Gasteiger partial charge in [-0.2, -0.15) is 4.98 Å². The van der Waals surface area contributed by atoms with Crippen LogP contribution in [0.15, 0.2) is 24.3 Å². The summed E-state index contributed by atoms with van der Waals surface area (Å²) in [6.07, 6.45) is 0. The van der Waals surface area contributed by atoms with E-state index in [-0.39, 0.29) is 5.95 Å². The van der Waals surface area contributed by atoms with Crippen molar-refractivity contribution >= 4 is 33.7 Å². The molecular weight excluding hydrogens is 190 g/mol. The third kappa shape index (κ3) is 1.10. The van der Waals surface area contributed by atoms with E-state index in [0.717, 1.165) is 16.3 Å². The lowest BCUT2D eigenvalue weighted by atomic mass is 10.2. The Morgan fingerprint density at radius 2 is 2.00 bits per heavy atom. The van der Waals surface area contributed by atoms with Crippen LogP contribution in [0.4, 0.5) is 11.8 Å². The number of rotatable bonds is 0. The molecule has 5 N–H and O–H groups in total. The number of nitrogens with one attached hydrogen (secondary N) is 1. The lowest BCUT2D eigenvalue weighted by molar-refractivity contribution is 1.22. The molecule has 0 fully saturated rings. The average Bonchev–Trinajstić information content (AvgIpc) is 2.61. The van der Waals surface area contributed by atoms with Gasteiger partial charge in [0.25, 0.3) is 0 Å². The fraction of sp³-hybridized carbons (Fsp3) is 0. The Morgan fingerprint density at radius 1 is 1.13 bits per heavy atom. The minimum Gasteiger partial charge on any atom is -0.385 e. The lowest BCUT2D eigenvalue weighted by Gasteiger charge is -2.03. The van der Waals surface area contributed by atoms with Gasteiger partial charge in [-0.15, -0.1) is 0 Å². The number of aromatic nitrogens is 3. The molecule has 2 aromatic heterocycles. The summed E-state index contributed by atoms with van der Waals surface area (Å²) in [5.41, 5.74) is 12.8. The second-order valence-corrected chi connectivity index (χ2v) is 3.40. The standard InChI is InChI=1S/C10H9N5/c11-8-6-4-5-2-1-3-7(5)13-9(6)15-10(12)14-8/h1-4H,(H5,11,12,13,14,15). The van der Waals surface area contributed by atoms with Crippen molar-refractivity contribution in [3.63, 3.8) is 0 Å². The van der Waals surface area contributed by atoms with Crippen LogP contribution in [0.1, 0.15) is 0 Å². The van der Waals surface area contributed by atoms with Gasteiger partial charge in [0.1, 0.15) is 5.82 Å². The Morgan fingerprint density at radius 3 is 2.87 bits per heavy atom. The fourth-order valence-electron chi connectivity index (χ4n) is 1.67. The number of nitrogen functional groups attached to an aromatic ring is 2. The van der Waals surface area contributed by atoms with E-state index >= 15 is 0 Å². The van der Waals surface area contributed by atoms with Crippen LogP contribution in [0.5, 0.6) is 0 Å². The van der Waals surface area contributed by atoms with E-state index in [2.05, 4.69) is 15.0 Å². The zero-order valence-electron chi connectivity index (χ0n) is 7.86. The molecule has 0 amide bonds. The predicted octanol–water partition coefficient (Wildman–Crippen LogP) is 1.28. The number of aromatic amines is 1. The maximum absolute atomic E-state index is 5.80. The number of hydrogen-bond donors (Lipinski definition) is 3. The molecule has 0 radical (unpaired) electrons. The molecule has 74 valence electrons. The molecule has 0 aliphatic carbocycles. The summed E-state index contributed by atoms with van der Waals surface area (Å²) in [6.45, 7) is 0. The van der Waals surface area contributed by atoms with Crippen molar-refractivity contribution in [1.29, 1.82) is 0 Å². The lowest BCUT2D eigenvalue weighted by Crippen LogP contribution is -2.01. The fourth-order valence-corrected chi connectivity index (χ4v) is 1.67. The molecule has 0 aliphatic rings. The van der Waals surface area contributed by atoms with Gasteiger partial charge in [-0.25, -0.2) is 4.98 Å². The van der Waals surface area contributed by atoms with Crippen LogP contribution >= 0.6 is 0 Å². The molecule has 5 nitrogen and oxygen atoms in total. The zero-order chi connectivity index (χ0) is 10.4. The Bertz CT molecular complexity index is 655. The van der Waals surface area contributed by atoms with Crippen LogP contribution in [-0.2, 0) is 0 Å². The first-order valence-corrected chi connectivity index (χ1v) is 4.54. The quantitative estimate of drug-likeness (QED) is 0.508. The first-order valence-electron chi connectivity index (χ1n) is 4.54. The second-order valence-electron chi connectivity index (χ2n) is 3.40. The maximum Gasteiger partial charge on any atom is 0.201 e. The van der Waals surface area contributed by atoms with E-state index in [9.17, 15) is 0 Å². The highest BCUT2D eigenvalue weighted by molar-refractivity contribution is 5.96. The van der Waals surface area contributed by atoms with Gasteiger partial charge in [0, 0.05) is 5.39 Å². The van der Waals surface area contributed by atoms with E-state index in [1.165, 1.54) is 0 Å². The molecule has 0 atom stereocenters. The molecule has 0 saturated carbocycles. The van der Waals surface area contributed by atoms with Gasteiger partial charge < -0.3 is 16.5 Å². The Hall–Kier alpha value is -2.30. The average molecular weight is 199 g/mol. The van der Waals surface area contributed by atoms with Gasteiger partial charge in [0.2, 0.25) is 5.95 Å². The van der Waals surface area contributed by atoms with Gasteiger partial charge >= 0.3 is 0 Å². The van der Waals surface area contributed by atoms with Crippen LogP contribution in [-0.4, -0.2) is 15.0 Å². The summed E-state index contributed by atoms with van der Waals surface area (Å²) >= 11 is 0. The number of pyridine rings is 1. The first kappa shape index (κ1) is 8.05. The number of nitrogens with two attached hydrogens (primary N) is 2. The van der Waals surface area contributed by atoms with Crippen LogP contribution in [0.25, 0.3) is 21.9 Å². The van der Waals surface area contributed by atoms with Crippen molar-refractivity contribution in [2.45, 2.75) is 0 Å². The Balaban J connectivity index is 2.54. The normalized spacial score (nSPS) is 11.2. The molecule has 3 rings (SSSR count). The van der Waals surface area contributed by atoms with Crippen molar-refractivity contribution in [2.75, 3.05) is 11.5 Å². The van der Waals surface area contributed by atoms with E-state index in [1.807, 2.05) is 24.3 Å². The van der Waals surface area contributed by atoms with Crippen LogP contribution in [0.2, 0.25) is 0 Å². The summed E-state index contributed by atoms with van der Waals surface area (Å²) in [7, 11) is 0. The smallest absolute Gasteiger partial charge is 0.201 e. The molecule has 15 heavy (non-hydrogen) atoms. The summed E-state index contributed by atoms with van der Waals surface area (Å²) in [4.78, 5) is 11.2. The van der Waals surface area contributed by atoms with Gasteiger partial charge in [0.05, 0.1) is 10.9 Å². The van der Waals surface area contributed by atoms with Gasteiger partial charge in [0.15, 0.2) is 5.65 Å². The predicted molar refractivity (Wildman–Crippen MR) is 60.2 cm³/mol. The number of anilines is 2. The molecule has 5 heteroatoms. The van der Waals surface area contributed by atoms with Crippen molar-refractivity contribution in [2.24, 2.45) is 0 Å². The molecule has 3 aromatic rings. The highest BCUT2D eigenvalue weighted by atomic mass is 15.1. The maximum atomic E-state index is 5.80. The molecule has 1 aromatic carbocycles. The van der Waals surface area contributed by atoms with E-state index in [4.69, 9.17) is 11.5 Å². The van der Waals surface area contributed by atoms with Gasteiger partial charge in [-0.1, -0.05) is 12.1 Å². The zero-order valence-corrected chi connectivity index (χ0v) is 7.86. The summed E-state index contributed by atoms with van der Waals surface area (Å²) in [6, 6.07) is 7.81. The van der Waals surface area contributed by atoms with Gasteiger partial charge in [-0.3, -0.25) is 0 Å². The molecule has 0 unspecified atom stereocenters. The highest BCUT2D eigenvalue weighted by Crippen LogP contribution is 2.22. The number of nitrogens with zero attached hydrogens (tertiary/aromatic N) is 2. The number of fused-ring (bicyclic) bond motifs is 2. The number of hydrogen-bond acceptors (Lipinski definition) is 4. The second kappa shape index (κ2) is 2.60. The van der Waals surface area contributed by atoms with Crippen LogP contribution in [0.3, 0.4) is 0 Å². The topological polar surface area (TPSA) is 93.6 Å². The first-order chi connectivity index (χ1) is 7.24. The van der Waals surface area contributed by atoms with Crippen molar-refractivity contribution in [1.82, 2.24) is 15.0 Å². The number of H-pyrrole nitrogens is 1. The van der Waals surface area contributed by atoms with Crippen molar-refractivity contribution in [3.05, 3.63) is 24.3 Å². The third-order valence-electron chi connectivity index (χ3n) is 2.37. The molecule has 0 bridgehead atoms. The summed E-state index contributed by atoms with van der Waals surface area (Å²) in [5, 5.41) is 1.84. The molecule has 2 heterocycles. The highest BCUT2D eigenvalue weighted by Gasteiger charge is 2.05. The third-order valence-corrected chi connectivity index (χ3v) is 2.37. The summed E-state index contributed by atoms with van der Waals surface area (Å²) < 4.78 is 0. The summed E-state index contributed by atoms with van der Waals surface area (Å²) in [5.74, 6) is 0.770. The largest absolute Gasteiger partial charge is 0.385 e. The minimum atomic E-state index is 0.276. The van der Waals surface area contributed by atoms with E-state index in [0.29, 0.717) is 11.5 Å². The molecular formula is C10H9N5. The monoisotopic (exact) mass is 199 g/mol. The molecule has 0 aliphatic heterocycles. The van der Waals surface area contributed by atoms with Gasteiger partial charge in [-0.05, 0) is 12.1 Å². The SMILES string of the molecule is Nc1nc2nc3cccc3cc2c(N)[nH]1. The van der Waals surface area contributed by atoms with Crippen molar-refractivity contribution in [3.8, 4) is 0 Å². The van der Waals surface area contributed by atoms with Crippen molar-refractivity contribution < 1.29 is 0 Å². The minimum absolute atomic E-state index is 0.276.